The van der Waals surface area contributed by atoms with Crippen molar-refractivity contribution in [1.82, 2.24) is 10.2 Å². The van der Waals surface area contributed by atoms with Crippen LogP contribution >= 0.6 is 0 Å². The van der Waals surface area contributed by atoms with Crippen LogP contribution in [0.25, 0.3) is 11.0 Å². The van der Waals surface area contributed by atoms with Crippen LogP contribution in [0.3, 0.4) is 0 Å². The molecule has 1 fully saturated rings. The maximum absolute atomic E-state index is 6.15. The molecule has 2 heterocycles. The molecule has 1 N–H and O–H groups in total. The quantitative estimate of drug-likeness (QED) is 0.903. The molecule has 0 bridgehead atoms. The van der Waals surface area contributed by atoms with E-state index in [2.05, 4.69) is 48.3 Å². The molecular formula is C18H26N2O. The molecule has 1 saturated heterocycles. The molecule has 1 aliphatic rings. The van der Waals surface area contributed by atoms with E-state index in [9.17, 15) is 0 Å². The monoisotopic (exact) mass is 286 g/mol. The van der Waals surface area contributed by atoms with Crippen LogP contribution in [0.1, 0.15) is 44.4 Å². The Morgan fingerprint density at radius 2 is 1.90 bits per heavy atom. The average Bonchev–Trinajstić information content (AvgIpc) is 2.83. The van der Waals surface area contributed by atoms with E-state index >= 15 is 0 Å². The number of rotatable bonds is 5. The van der Waals surface area contributed by atoms with E-state index in [1.54, 1.807) is 0 Å². The molecule has 0 spiro atoms. The van der Waals surface area contributed by atoms with E-state index in [1.807, 2.05) is 0 Å². The first-order chi connectivity index (χ1) is 10.2. The lowest BCUT2D eigenvalue weighted by Crippen LogP contribution is -2.29. The second kappa shape index (κ2) is 6.63. The van der Waals surface area contributed by atoms with Crippen molar-refractivity contribution in [2.24, 2.45) is 0 Å². The van der Waals surface area contributed by atoms with Gasteiger partial charge in [0.1, 0.15) is 11.3 Å². The summed E-state index contributed by atoms with van der Waals surface area (Å²) in [4.78, 5) is 2.53. The van der Waals surface area contributed by atoms with E-state index in [0.29, 0.717) is 6.04 Å². The topological polar surface area (TPSA) is 28.4 Å². The minimum atomic E-state index is 0.487. The lowest BCUT2D eigenvalue weighted by atomic mass is 10.1. The fraction of sp³-hybridized carbons (Fsp3) is 0.556. The van der Waals surface area contributed by atoms with Gasteiger partial charge in [0.05, 0.1) is 6.54 Å². The Hall–Kier alpha value is -1.32. The van der Waals surface area contributed by atoms with Crippen LogP contribution in [0.5, 0.6) is 0 Å². The predicted molar refractivity (Wildman–Crippen MR) is 87.3 cm³/mol. The summed E-state index contributed by atoms with van der Waals surface area (Å²) in [6.07, 6.45) is 4.01. The summed E-state index contributed by atoms with van der Waals surface area (Å²) in [5.41, 5.74) is 2.36. The largest absolute Gasteiger partial charge is 0.459 e. The summed E-state index contributed by atoms with van der Waals surface area (Å²) < 4.78 is 6.15. The fourth-order valence-electron chi connectivity index (χ4n) is 3.10. The van der Waals surface area contributed by atoms with Crippen LogP contribution in [0.4, 0.5) is 0 Å². The zero-order valence-electron chi connectivity index (χ0n) is 13.2. The second-order valence-electron chi connectivity index (χ2n) is 6.37. The summed E-state index contributed by atoms with van der Waals surface area (Å²) in [5, 5.41) is 4.80. The van der Waals surface area contributed by atoms with Crippen molar-refractivity contribution in [2.45, 2.75) is 52.2 Å². The molecule has 1 aromatic carbocycles. The highest BCUT2D eigenvalue weighted by molar-refractivity contribution is 5.82. The Morgan fingerprint density at radius 3 is 2.67 bits per heavy atom. The third-order valence-electron chi connectivity index (χ3n) is 4.28. The van der Waals surface area contributed by atoms with Crippen molar-refractivity contribution in [3.63, 3.8) is 0 Å². The summed E-state index contributed by atoms with van der Waals surface area (Å²) in [5.74, 6) is 1.14. The van der Waals surface area contributed by atoms with Crippen molar-refractivity contribution in [3.05, 3.63) is 35.6 Å². The summed E-state index contributed by atoms with van der Waals surface area (Å²) in [6, 6.07) is 8.89. The van der Waals surface area contributed by atoms with Crippen molar-refractivity contribution in [2.75, 3.05) is 13.1 Å². The third-order valence-corrected chi connectivity index (χ3v) is 4.28. The molecule has 0 unspecified atom stereocenters. The van der Waals surface area contributed by atoms with Crippen molar-refractivity contribution in [3.8, 4) is 0 Å². The number of nitrogens with zero attached hydrogens (tertiary/aromatic N) is 1. The van der Waals surface area contributed by atoms with Gasteiger partial charge in [0, 0.05) is 23.5 Å². The Balaban J connectivity index is 1.86. The Bertz CT molecular complexity index is 582. The number of fused-ring (bicyclic) bond motifs is 1. The Morgan fingerprint density at radius 1 is 1.14 bits per heavy atom. The fourth-order valence-corrected chi connectivity index (χ4v) is 3.10. The first-order valence-electron chi connectivity index (χ1n) is 8.19. The van der Waals surface area contributed by atoms with Crippen molar-refractivity contribution >= 4 is 11.0 Å². The van der Waals surface area contributed by atoms with Crippen LogP contribution < -0.4 is 5.32 Å². The van der Waals surface area contributed by atoms with Crippen molar-refractivity contribution in [1.29, 1.82) is 0 Å². The van der Waals surface area contributed by atoms with Crippen LogP contribution in [0, 0.1) is 0 Å². The highest BCUT2D eigenvalue weighted by Gasteiger charge is 2.18. The Labute approximate surface area is 127 Å². The molecule has 3 nitrogen and oxygen atoms in total. The number of hydrogen-bond donors (Lipinski definition) is 1. The van der Waals surface area contributed by atoms with Gasteiger partial charge in [-0.3, -0.25) is 4.90 Å². The smallest absolute Gasteiger partial charge is 0.134 e. The van der Waals surface area contributed by atoms with E-state index in [4.69, 9.17) is 4.42 Å². The number of furan rings is 1. The maximum Gasteiger partial charge on any atom is 0.134 e. The second-order valence-corrected chi connectivity index (χ2v) is 6.37. The van der Waals surface area contributed by atoms with Crippen LogP contribution in [0.2, 0.25) is 0 Å². The number of likely N-dealkylation sites (tertiary alicyclic amines) is 1. The molecule has 114 valence electrons. The van der Waals surface area contributed by atoms with E-state index < -0.39 is 0 Å². The molecule has 0 saturated carbocycles. The molecule has 0 amide bonds. The maximum atomic E-state index is 6.15. The molecule has 1 aromatic heterocycles. The van der Waals surface area contributed by atoms with Gasteiger partial charge in [-0.15, -0.1) is 0 Å². The first-order valence-corrected chi connectivity index (χ1v) is 8.19. The molecule has 1 aliphatic heterocycles. The van der Waals surface area contributed by atoms with Crippen LogP contribution in [-0.2, 0) is 13.1 Å². The molecule has 0 aliphatic carbocycles. The molecule has 3 heteroatoms. The molecule has 2 aromatic rings. The Kier molecular flexibility index (Phi) is 4.61. The van der Waals surface area contributed by atoms with E-state index in [1.165, 1.54) is 43.3 Å². The van der Waals surface area contributed by atoms with Gasteiger partial charge in [-0.2, -0.15) is 0 Å². The van der Waals surface area contributed by atoms with Gasteiger partial charge in [-0.1, -0.05) is 38.5 Å². The standard InChI is InChI=1S/C18H26N2O/c1-14(2)19-12-16-15-8-4-5-9-17(15)21-18(16)13-20-10-6-3-7-11-20/h4-5,8-9,14,19H,3,6-7,10-13H2,1-2H3. The first kappa shape index (κ1) is 14.6. The molecule has 21 heavy (non-hydrogen) atoms. The third kappa shape index (κ3) is 3.47. The number of piperidine rings is 1. The molecule has 0 radical (unpaired) electrons. The van der Waals surface area contributed by atoms with Crippen molar-refractivity contribution < 1.29 is 4.42 Å². The highest BCUT2D eigenvalue weighted by atomic mass is 16.3. The minimum Gasteiger partial charge on any atom is -0.459 e. The van der Waals surface area contributed by atoms with Gasteiger partial charge < -0.3 is 9.73 Å². The van der Waals surface area contributed by atoms with Gasteiger partial charge in [-0.25, -0.2) is 0 Å². The number of benzene rings is 1. The van der Waals surface area contributed by atoms with Gasteiger partial charge in [0.2, 0.25) is 0 Å². The van der Waals surface area contributed by atoms with E-state index in [0.717, 1.165) is 24.4 Å². The minimum absolute atomic E-state index is 0.487. The average molecular weight is 286 g/mol. The zero-order valence-corrected chi connectivity index (χ0v) is 13.2. The number of para-hydroxylation sites is 1. The highest BCUT2D eigenvalue weighted by Crippen LogP contribution is 2.27. The summed E-state index contributed by atoms with van der Waals surface area (Å²) >= 11 is 0. The van der Waals surface area contributed by atoms with Gasteiger partial charge >= 0.3 is 0 Å². The molecular weight excluding hydrogens is 260 g/mol. The van der Waals surface area contributed by atoms with E-state index in [-0.39, 0.29) is 0 Å². The lowest BCUT2D eigenvalue weighted by Gasteiger charge is -2.25. The van der Waals surface area contributed by atoms with Gasteiger partial charge in [0.15, 0.2) is 0 Å². The van der Waals surface area contributed by atoms with Crippen LogP contribution in [-0.4, -0.2) is 24.0 Å². The molecule has 0 atom stereocenters. The zero-order chi connectivity index (χ0) is 14.7. The van der Waals surface area contributed by atoms with Crippen LogP contribution in [0.15, 0.2) is 28.7 Å². The van der Waals surface area contributed by atoms with Gasteiger partial charge in [-0.05, 0) is 32.0 Å². The summed E-state index contributed by atoms with van der Waals surface area (Å²) in [7, 11) is 0. The lowest BCUT2D eigenvalue weighted by molar-refractivity contribution is 0.205. The number of hydrogen-bond acceptors (Lipinski definition) is 3. The van der Waals surface area contributed by atoms with Gasteiger partial charge in [0.25, 0.3) is 0 Å². The summed E-state index contributed by atoms with van der Waals surface area (Å²) in [6.45, 7) is 8.61. The predicted octanol–water partition coefficient (Wildman–Crippen LogP) is 3.92. The number of nitrogens with one attached hydrogen (secondary N) is 1. The SMILES string of the molecule is CC(C)NCc1c(CN2CCCCC2)oc2ccccc12. The normalized spacial score (nSPS) is 16.9. The molecule has 3 rings (SSSR count).